The van der Waals surface area contributed by atoms with E-state index in [-0.39, 0.29) is 17.5 Å². The Morgan fingerprint density at radius 1 is 1.04 bits per heavy atom. The summed E-state index contributed by atoms with van der Waals surface area (Å²) in [4.78, 5) is 12.8. The number of anilines is 1. The average molecular weight is 359 g/mol. The maximum atomic E-state index is 13.2. The van der Waals surface area contributed by atoms with E-state index < -0.39 is 6.04 Å². The van der Waals surface area contributed by atoms with Crippen LogP contribution >= 0.6 is 12.2 Å². The fourth-order valence-corrected chi connectivity index (χ4v) is 2.90. The quantitative estimate of drug-likeness (QED) is 0.736. The molecule has 25 heavy (non-hydrogen) atoms. The van der Waals surface area contributed by atoms with Crippen LogP contribution in [0.5, 0.6) is 0 Å². The number of hydrogen-bond acceptors (Lipinski definition) is 2. The number of halogens is 2. The first-order chi connectivity index (χ1) is 11.9. The molecular weight excluding hydrogens is 344 g/mol. The molecule has 128 valence electrons. The smallest absolute Gasteiger partial charge is 0.255 e. The van der Waals surface area contributed by atoms with Crippen molar-refractivity contribution in [3.63, 3.8) is 0 Å². The first kappa shape index (κ1) is 17.0. The first-order valence-electron chi connectivity index (χ1n) is 7.54. The number of rotatable bonds is 3. The van der Waals surface area contributed by atoms with Crippen molar-refractivity contribution < 1.29 is 13.6 Å². The highest BCUT2D eigenvalue weighted by molar-refractivity contribution is 7.80. The van der Waals surface area contributed by atoms with Gasteiger partial charge in [0.1, 0.15) is 11.6 Å². The van der Waals surface area contributed by atoms with Crippen LogP contribution in [0, 0.1) is 11.6 Å². The van der Waals surface area contributed by atoms with E-state index >= 15 is 0 Å². The topological polar surface area (TPSA) is 53.2 Å². The van der Waals surface area contributed by atoms with Gasteiger partial charge < -0.3 is 16.0 Å². The van der Waals surface area contributed by atoms with E-state index in [4.69, 9.17) is 12.2 Å². The molecule has 1 heterocycles. The van der Waals surface area contributed by atoms with Crippen molar-refractivity contribution in [2.24, 2.45) is 0 Å². The minimum atomic E-state index is -0.519. The van der Waals surface area contributed by atoms with Crippen LogP contribution in [-0.4, -0.2) is 11.0 Å². The molecule has 0 bridgehead atoms. The lowest BCUT2D eigenvalue weighted by Crippen LogP contribution is -2.45. The molecule has 1 atom stereocenters. The molecule has 0 saturated heterocycles. The van der Waals surface area contributed by atoms with Crippen LogP contribution in [0.2, 0.25) is 0 Å². The van der Waals surface area contributed by atoms with E-state index in [9.17, 15) is 13.6 Å². The number of thiocarbonyl (C=S) groups is 1. The van der Waals surface area contributed by atoms with Crippen LogP contribution in [0.3, 0.4) is 0 Å². The molecule has 4 nitrogen and oxygen atoms in total. The van der Waals surface area contributed by atoms with Gasteiger partial charge in [-0.15, -0.1) is 0 Å². The zero-order valence-corrected chi connectivity index (χ0v) is 14.1. The van der Waals surface area contributed by atoms with Crippen LogP contribution in [0.25, 0.3) is 0 Å². The second-order valence-electron chi connectivity index (χ2n) is 5.58. The third-order valence-corrected chi connectivity index (χ3v) is 4.04. The Morgan fingerprint density at radius 2 is 1.60 bits per heavy atom. The van der Waals surface area contributed by atoms with Crippen LogP contribution in [0.1, 0.15) is 18.5 Å². The first-order valence-corrected chi connectivity index (χ1v) is 7.95. The lowest BCUT2D eigenvalue weighted by molar-refractivity contribution is -0.113. The average Bonchev–Trinajstić information content (AvgIpc) is 2.57. The largest absolute Gasteiger partial charge is 0.351 e. The highest BCUT2D eigenvalue weighted by atomic mass is 32.1. The molecule has 0 fully saturated rings. The molecule has 1 aliphatic heterocycles. The Balaban J connectivity index is 1.92. The number of allylic oxidation sites excluding steroid dienone is 1. The Kier molecular flexibility index (Phi) is 4.76. The monoisotopic (exact) mass is 359 g/mol. The minimum absolute atomic E-state index is 0.360. The maximum absolute atomic E-state index is 13.2. The highest BCUT2D eigenvalue weighted by Gasteiger charge is 2.29. The van der Waals surface area contributed by atoms with Gasteiger partial charge in [-0.25, -0.2) is 8.78 Å². The van der Waals surface area contributed by atoms with E-state index in [1.807, 2.05) is 0 Å². The van der Waals surface area contributed by atoms with Crippen molar-refractivity contribution in [2.45, 2.75) is 13.0 Å². The summed E-state index contributed by atoms with van der Waals surface area (Å²) in [6, 6.07) is 10.8. The predicted molar refractivity (Wildman–Crippen MR) is 95.7 cm³/mol. The summed E-state index contributed by atoms with van der Waals surface area (Å²) in [6.45, 7) is 1.74. The molecule has 2 aromatic carbocycles. The number of amides is 1. The standard InChI is InChI=1S/C18H15F2N3OS/c1-10-15(17(24)22-14-8-6-13(20)7-9-14)16(23-18(25)21-10)11-2-4-12(19)5-3-11/h2-9,16H,1H3,(H,22,24)(H2,21,23,25)/t16-/m1/s1. The van der Waals surface area contributed by atoms with Crippen molar-refractivity contribution >= 4 is 28.9 Å². The van der Waals surface area contributed by atoms with Gasteiger partial charge in [0.15, 0.2) is 5.11 Å². The van der Waals surface area contributed by atoms with Crippen LogP contribution < -0.4 is 16.0 Å². The number of hydrogen-bond donors (Lipinski definition) is 3. The van der Waals surface area contributed by atoms with Crippen LogP contribution in [0.4, 0.5) is 14.5 Å². The summed E-state index contributed by atoms with van der Waals surface area (Å²) < 4.78 is 26.2. The summed E-state index contributed by atoms with van der Waals surface area (Å²) in [6.07, 6.45) is 0. The molecule has 7 heteroatoms. The SMILES string of the molecule is CC1=C(C(=O)Nc2ccc(F)cc2)[C@@H](c2ccc(F)cc2)NC(=S)N1. The molecule has 0 aromatic heterocycles. The highest BCUT2D eigenvalue weighted by Crippen LogP contribution is 2.28. The zero-order valence-electron chi connectivity index (χ0n) is 13.3. The van der Waals surface area contributed by atoms with Gasteiger partial charge in [-0.2, -0.15) is 0 Å². The van der Waals surface area contributed by atoms with Crippen molar-refractivity contribution in [1.29, 1.82) is 0 Å². The van der Waals surface area contributed by atoms with Crippen molar-refractivity contribution in [2.75, 3.05) is 5.32 Å². The molecule has 3 rings (SSSR count). The van der Waals surface area contributed by atoms with Gasteiger partial charge in [-0.3, -0.25) is 4.79 Å². The molecule has 0 saturated carbocycles. The lowest BCUT2D eigenvalue weighted by Gasteiger charge is -2.30. The molecular formula is C18H15F2N3OS. The van der Waals surface area contributed by atoms with Gasteiger partial charge in [-0.1, -0.05) is 12.1 Å². The molecule has 0 aliphatic carbocycles. The number of carbonyl (C=O) groups excluding carboxylic acids is 1. The van der Waals surface area contributed by atoms with E-state index in [0.717, 1.165) is 0 Å². The molecule has 1 aliphatic rings. The number of benzene rings is 2. The Bertz CT molecular complexity index is 848. The normalized spacial score (nSPS) is 16.9. The van der Waals surface area contributed by atoms with E-state index in [2.05, 4.69) is 16.0 Å². The van der Waals surface area contributed by atoms with Gasteiger partial charge in [0.25, 0.3) is 5.91 Å². The summed E-state index contributed by atoms with van der Waals surface area (Å²) in [7, 11) is 0. The van der Waals surface area contributed by atoms with Gasteiger partial charge in [0, 0.05) is 11.4 Å². The Hall–Kier alpha value is -2.80. The molecule has 0 radical (unpaired) electrons. The summed E-state index contributed by atoms with van der Waals surface area (Å²) >= 11 is 5.17. The fourth-order valence-electron chi connectivity index (χ4n) is 2.63. The second kappa shape index (κ2) is 6.98. The summed E-state index contributed by atoms with van der Waals surface area (Å²) in [5, 5.41) is 9.06. The Labute approximate surface area is 148 Å². The minimum Gasteiger partial charge on any atom is -0.351 e. The van der Waals surface area contributed by atoms with Gasteiger partial charge in [0.05, 0.1) is 11.6 Å². The third-order valence-electron chi connectivity index (χ3n) is 3.82. The van der Waals surface area contributed by atoms with Gasteiger partial charge in [0.2, 0.25) is 0 Å². The van der Waals surface area contributed by atoms with Crippen LogP contribution in [0.15, 0.2) is 59.8 Å². The predicted octanol–water partition coefficient (Wildman–Crippen LogP) is 3.40. The number of nitrogens with one attached hydrogen (secondary N) is 3. The van der Waals surface area contributed by atoms with Crippen molar-refractivity contribution in [3.05, 3.63) is 77.0 Å². The Morgan fingerprint density at radius 3 is 2.20 bits per heavy atom. The second-order valence-corrected chi connectivity index (χ2v) is 5.99. The maximum Gasteiger partial charge on any atom is 0.255 e. The molecule has 1 amide bonds. The van der Waals surface area contributed by atoms with Gasteiger partial charge in [-0.05, 0) is 61.1 Å². The molecule has 3 N–H and O–H groups in total. The van der Waals surface area contributed by atoms with E-state index in [0.29, 0.717) is 27.6 Å². The zero-order chi connectivity index (χ0) is 18.0. The molecule has 0 spiro atoms. The summed E-state index contributed by atoms with van der Waals surface area (Å²) in [5.41, 5.74) is 2.19. The number of carbonyl (C=O) groups is 1. The van der Waals surface area contributed by atoms with Crippen molar-refractivity contribution in [1.82, 2.24) is 10.6 Å². The molecule has 0 unspecified atom stereocenters. The lowest BCUT2D eigenvalue weighted by atomic mass is 9.95. The third kappa shape index (κ3) is 3.83. The molecule has 2 aromatic rings. The van der Waals surface area contributed by atoms with Crippen LogP contribution in [-0.2, 0) is 4.79 Å². The summed E-state index contributed by atoms with van der Waals surface area (Å²) in [5.74, 6) is -1.11. The fraction of sp³-hybridized carbons (Fsp3) is 0.111. The van der Waals surface area contributed by atoms with E-state index in [1.165, 1.54) is 36.4 Å². The van der Waals surface area contributed by atoms with Crippen molar-refractivity contribution in [3.8, 4) is 0 Å². The van der Waals surface area contributed by atoms with E-state index in [1.54, 1.807) is 19.1 Å². The van der Waals surface area contributed by atoms with Gasteiger partial charge >= 0.3 is 0 Å².